The van der Waals surface area contributed by atoms with Gasteiger partial charge >= 0.3 is 0 Å². The number of carbonyl (C=O) groups is 1. The standard InChI is InChI=1S/C15H20N4O/c1-4-17-10-12-9-11(2)5-6-14(12)19-8-7-13(18-19)15(20)16-3/h5-9,17H,4,10H2,1-3H3,(H,16,20). The first-order valence-corrected chi connectivity index (χ1v) is 6.74. The van der Waals surface area contributed by atoms with Gasteiger partial charge in [0.2, 0.25) is 0 Å². The van der Waals surface area contributed by atoms with Crippen molar-refractivity contribution < 1.29 is 4.79 Å². The van der Waals surface area contributed by atoms with Gasteiger partial charge < -0.3 is 10.6 Å². The number of amides is 1. The molecule has 0 fully saturated rings. The van der Waals surface area contributed by atoms with Crippen molar-refractivity contribution in [1.29, 1.82) is 0 Å². The molecule has 0 unspecified atom stereocenters. The van der Waals surface area contributed by atoms with Crippen molar-refractivity contribution in [2.24, 2.45) is 0 Å². The highest BCUT2D eigenvalue weighted by molar-refractivity contribution is 5.91. The van der Waals surface area contributed by atoms with Crippen molar-refractivity contribution in [2.45, 2.75) is 20.4 Å². The number of carbonyl (C=O) groups excluding carboxylic acids is 1. The molecule has 2 aromatic rings. The highest BCUT2D eigenvalue weighted by Gasteiger charge is 2.10. The zero-order valence-electron chi connectivity index (χ0n) is 12.1. The second-order valence-electron chi connectivity index (χ2n) is 4.64. The first-order valence-electron chi connectivity index (χ1n) is 6.74. The maximum Gasteiger partial charge on any atom is 0.271 e. The lowest BCUT2D eigenvalue weighted by atomic mass is 10.1. The van der Waals surface area contributed by atoms with Crippen LogP contribution in [-0.4, -0.2) is 29.3 Å². The van der Waals surface area contributed by atoms with Crippen LogP contribution in [0.2, 0.25) is 0 Å². The molecule has 0 radical (unpaired) electrons. The highest BCUT2D eigenvalue weighted by atomic mass is 16.1. The quantitative estimate of drug-likeness (QED) is 0.870. The lowest BCUT2D eigenvalue weighted by Crippen LogP contribution is -2.19. The molecule has 2 rings (SSSR count). The Balaban J connectivity index is 2.36. The molecule has 106 valence electrons. The second-order valence-corrected chi connectivity index (χ2v) is 4.64. The van der Waals surface area contributed by atoms with Crippen LogP contribution in [0.5, 0.6) is 0 Å². The number of rotatable bonds is 5. The van der Waals surface area contributed by atoms with Gasteiger partial charge in [-0.05, 0) is 31.2 Å². The minimum Gasteiger partial charge on any atom is -0.354 e. The molecule has 0 bridgehead atoms. The maximum absolute atomic E-state index is 11.6. The van der Waals surface area contributed by atoms with Crippen LogP contribution in [-0.2, 0) is 6.54 Å². The minimum absolute atomic E-state index is 0.177. The summed E-state index contributed by atoms with van der Waals surface area (Å²) in [6.45, 7) is 5.84. The summed E-state index contributed by atoms with van der Waals surface area (Å²) in [4.78, 5) is 11.6. The topological polar surface area (TPSA) is 59.0 Å². The van der Waals surface area contributed by atoms with E-state index in [1.54, 1.807) is 17.8 Å². The largest absolute Gasteiger partial charge is 0.354 e. The van der Waals surface area contributed by atoms with E-state index in [2.05, 4.69) is 35.6 Å². The molecule has 20 heavy (non-hydrogen) atoms. The first kappa shape index (κ1) is 14.3. The Hall–Kier alpha value is -2.14. The summed E-state index contributed by atoms with van der Waals surface area (Å²) in [5.41, 5.74) is 3.79. The predicted molar refractivity (Wildman–Crippen MR) is 79.1 cm³/mol. The van der Waals surface area contributed by atoms with Gasteiger partial charge in [0.25, 0.3) is 5.91 Å². The Kier molecular flexibility index (Phi) is 4.53. The molecule has 5 nitrogen and oxygen atoms in total. The van der Waals surface area contributed by atoms with E-state index >= 15 is 0 Å². The average molecular weight is 272 g/mol. The number of benzene rings is 1. The van der Waals surface area contributed by atoms with E-state index in [1.165, 1.54) is 11.1 Å². The van der Waals surface area contributed by atoms with Crippen LogP contribution in [0.25, 0.3) is 5.69 Å². The molecule has 0 aliphatic heterocycles. The molecule has 0 aliphatic carbocycles. The molecule has 0 atom stereocenters. The Morgan fingerprint density at radius 1 is 1.35 bits per heavy atom. The summed E-state index contributed by atoms with van der Waals surface area (Å²) in [7, 11) is 1.60. The number of aromatic nitrogens is 2. The monoisotopic (exact) mass is 272 g/mol. The van der Waals surface area contributed by atoms with Crippen molar-refractivity contribution in [1.82, 2.24) is 20.4 Å². The van der Waals surface area contributed by atoms with Gasteiger partial charge in [-0.1, -0.05) is 24.6 Å². The van der Waals surface area contributed by atoms with Gasteiger partial charge in [-0.25, -0.2) is 4.68 Å². The predicted octanol–water partition coefficient (Wildman–Crippen LogP) is 1.65. The molecule has 0 saturated carbocycles. The Morgan fingerprint density at radius 3 is 2.85 bits per heavy atom. The minimum atomic E-state index is -0.177. The van der Waals surface area contributed by atoms with Gasteiger partial charge in [0.1, 0.15) is 0 Å². The van der Waals surface area contributed by atoms with Crippen molar-refractivity contribution in [3.63, 3.8) is 0 Å². The molecule has 1 aromatic heterocycles. The van der Waals surface area contributed by atoms with Crippen LogP contribution in [0, 0.1) is 6.92 Å². The Morgan fingerprint density at radius 2 is 2.15 bits per heavy atom. The zero-order chi connectivity index (χ0) is 14.5. The fourth-order valence-electron chi connectivity index (χ4n) is 2.05. The van der Waals surface area contributed by atoms with Crippen LogP contribution < -0.4 is 10.6 Å². The van der Waals surface area contributed by atoms with E-state index in [4.69, 9.17) is 0 Å². The normalized spacial score (nSPS) is 10.6. The first-order chi connectivity index (χ1) is 9.65. The van der Waals surface area contributed by atoms with Gasteiger partial charge in [0.05, 0.1) is 5.69 Å². The summed E-state index contributed by atoms with van der Waals surface area (Å²) < 4.78 is 1.75. The van der Waals surface area contributed by atoms with E-state index in [1.807, 2.05) is 18.3 Å². The smallest absolute Gasteiger partial charge is 0.271 e. The van der Waals surface area contributed by atoms with Crippen molar-refractivity contribution in [3.8, 4) is 5.69 Å². The van der Waals surface area contributed by atoms with Gasteiger partial charge in [-0.15, -0.1) is 0 Å². The van der Waals surface area contributed by atoms with Crippen LogP contribution in [0.4, 0.5) is 0 Å². The Labute approximate surface area is 119 Å². The van der Waals surface area contributed by atoms with Crippen molar-refractivity contribution in [3.05, 3.63) is 47.3 Å². The third-order valence-corrected chi connectivity index (χ3v) is 3.10. The Bertz CT molecular complexity index is 604. The molecular formula is C15H20N4O. The lowest BCUT2D eigenvalue weighted by Gasteiger charge is -2.11. The molecule has 0 saturated heterocycles. The number of nitrogens with one attached hydrogen (secondary N) is 2. The van der Waals surface area contributed by atoms with E-state index in [0.29, 0.717) is 5.69 Å². The molecule has 2 N–H and O–H groups in total. The number of nitrogens with zero attached hydrogens (tertiary/aromatic N) is 2. The SMILES string of the molecule is CCNCc1cc(C)ccc1-n1ccc(C(=O)NC)n1. The fraction of sp³-hybridized carbons (Fsp3) is 0.333. The lowest BCUT2D eigenvalue weighted by molar-refractivity contribution is 0.0957. The average Bonchev–Trinajstić information content (AvgIpc) is 2.94. The number of hydrogen-bond acceptors (Lipinski definition) is 3. The summed E-state index contributed by atoms with van der Waals surface area (Å²) in [5, 5.41) is 10.2. The molecule has 1 aromatic carbocycles. The fourth-order valence-corrected chi connectivity index (χ4v) is 2.05. The number of hydrogen-bond donors (Lipinski definition) is 2. The third kappa shape index (κ3) is 3.05. The number of aryl methyl sites for hydroxylation is 1. The van der Waals surface area contributed by atoms with E-state index in [0.717, 1.165) is 18.8 Å². The molecule has 1 amide bonds. The molecular weight excluding hydrogens is 252 g/mol. The van der Waals surface area contributed by atoms with Gasteiger partial charge in [0, 0.05) is 19.8 Å². The van der Waals surface area contributed by atoms with Crippen LogP contribution in [0.3, 0.4) is 0 Å². The summed E-state index contributed by atoms with van der Waals surface area (Å²) in [6.07, 6.45) is 1.81. The van der Waals surface area contributed by atoms with Crippen LogP contribution >= 0.6 is 0 Å². The van der Waals surface area contributed by atoms with Gasteiger partial charge in [-0.2, -0.15) is 5.10 Å². The molecule has 0 aliphatic rings. The maximum atomic E-state index is 11.6. The van der Waals surface area contributed by atoms with Gasteiger partial charge in [-0.3, -0.25) is 4.79 Å². The van der Waals surface area contributed by atoms with Gasteiger partial charge in [0.15, 0.2) is 5.69 Å². The molecule has 1 heterocycles. The zero-order valence-corrected chi connectivity index (χ0v) is 12.1. The van der Waals surface area contributed by atoms with Crippen molar-refractivity contribution in [2.75, 3.05) is 13.6 Å². The van der Waals surface area contributed by atoms with Crippen LogP contribution in [0.15, 0.2) is 30.5 Å². The van der Waals surface area contributed by atoms with E-state index < -0.39 is 0 Å². The van der Waals surface area contributed by atoms with Crippen molar-refractivity contribution >= 4 is 5.91 Å². The second kappa shape index (κ2) is 6.34. The summed E-state index contributed by atoms with van der Waals surface area (Å²) in [6, 6.07) is 7.93. The molecule has 0 spiro atoms. The van der Waals surface area contributed by atoms with Crippen LogP contribution in [0.1, 0.15) is 28.5 Å². The van der Waals surface area contributed by atoms with E-state index in [9.17, 15) is 4.79 Å². The third-order valence-electron chi connectivity index (χ3n) is 3.10. The highest BCUT2D eigenvalue weighted by Crippen LogP contribution is 2.16. The molecule has 5 heteroatoms. The summed E-state index contributed by atoms with van der Waals surface area (Å²) in [5.74, 6) is -0.177. The summed E-state index contributed by atoms with van der Waals surface area (Å²) >= 11 is 0. The van der Waals surface area contributed by atoms with E-state index in [-0.39, 0.29) is 5.91 Å².